The maximum atomic E-state index is 12.3. The fourth-order valence-electron chi connectivity index (χ4n) is 2.51. The van der Waals surface area contributed by atoms with E-state index in [0.717, 1.165) is 36.1 Å². The normalized spacial score (nSPS) is 16.3. The summed E-state index contributed by atoms with van der Waals surface area (Å²) in [4.78, 5) is 16.9. The number of anilines is 1. The first-order chi connectivity index (χ1) is 9.60. The molecule has 5 heteroatoms. The van der Waals surface area contributed by atoms with Crippen LogP contribution in [0.2, 0.25) is 0 Å². The van der Waals surface area contributed by atoms with Crippen molar-refractivity contribution in [2.75, 3.05) is 5.73 Å². The van der Waals surface area contributed by atoms with Crippen molar-refractivity contribution < 1.29 is 4.79 Å². The van der Waals surface area contributed by atoms with Crippen LogP contribution in [0, 0.1) is 0 Å². The quantitative estimate of drug-likeness (QED) is 0.836. The Morgan fingerprint density at radius 1 is 1.55 bits per heavy atom. The maximum absolute atomic E-state index is 12.3. The number of nitrogens with zero attached hydrogens (tertiary/aromatic N) is 2. The van der Waals surface area contributed by atoms with Crippen LogP contribution in [0.25, 0.3) is 11.0 Å². The largest absolute Gasteiger partial charge is 0.399 e. The number of amides is 1. The van der Waals surface area contributed by atoms with E-state index in [-0.39, 0.29) is 11.9 Å². The van der Waals surface area contributed by atoms with Crippen molar-refractivity contribution in [2.24, 2.45) is 0 Å². The number of aryl methyl sites for hydroxylation is 1. The van der Waals surface area contributed by atoms with E-state index in [1.54, 1.807) is 0 Å². The molecule has 0 aliphatic heterocycles. The van der Waals surface area contributed by atoms with Gasteiger partial charge in [-0.1, -0.05) is 6.92 Å². The molecule has 1 amide bonds. The van der Waals surface area contributed by atoms with Crippen LogP contribution < -0.4 is 11.1 Å². The lowest BCUT2D eigenvalue weighted by Crippen LogP contribution is -2.33. The SMILES string of the molecule is CCc1nc2cc(N)ccc2n1C(C)C(=O)NC1CC1. The van der Waals surface area contributed by atoms with Gasteiger partial charge >= 0.3 is 0 Å². The molecule has 5 nitrogen and oxygen atoms in total. The third-order valence-electron chi connectivity index (χ3n) is 3.79. The van der Waals surface area contributed by atoms with Crippen molar-refractivity contribution in [1.82, 2.24) is 14.9 Å². The summed E-state index contributed by atoms with van der Waals surface area (Å²) in [5.41, 5.74) is 8.32. The van der Waals surface area contributed by atoms with Crippen molar-refractivity contribution in [3.63, 3.8) is 0 Å². The van der Waals surface area contributed by atoms with Gasteiger partial charge in [0.15, 0.2) is 0 Å². The number of benzene rings is 1. The lowest BCUT2D eigenvalue weighted by atomic mass is 10.2. The van der Waals surface area contributed by atoms with Crippen molar-refractivity contribution in [3.8, 4) is 0 Å². The third kappa shape index (κ3) is 2.24. The number of carbonyl (C=O) groups excluding carboxylic acids is 1. The van der Waals surface area contributed by atoms with E-state index in [4.69, 9.17) is 5.73 Å². The molecule has 1 heterocycles. The number of aromatic nitrogens is 2. The fourth-order valence-corrected chi connectivity index (χ4v) is 2.51. The van der Waals surface area contributed by atoms with E-state index in [9.17, 15) is 4.79 Å². The summed E-state index contributed by atoms with van der Waals surface area (Å²) < 4.78 is 2.02. The van der Waals surface area contributed by atoms with Crippen LogP contribution >= 0.6 is 0 Å². The second-order valence-corrected chi connectivity index (χ2v) is 5.46. The first-order valence-corrected chi connectivity index (χ1v) is 7.17. The average molecular weight is 272 g/mol. The lowest BCUT2D eigenvalue weighted by Gasteiger charge is -2.17. The molecule has 0 bridgehead atoms. The van der Waals surface area contributed by atoms with Gasteiger partial charge in [-0.2, -0.15) is 0 Å². The molecule has 1 aliphatic rings. The summed E-state index contributed by atoms with van der Waals surface area (Å²) in [6.07, 6.45) is 2.98. The number of nitrogens with one attached hydrogen (secondary N) is 1. The Balaban J connectivity index is 2.01. The van der Waals surface area contributed by atoms with Gasteiger partial charge in [-0.05, 0) is 38.0 Å². The third-order valence-corrected chi connectivity index (χ3v) is 3.79. The predicted octanol–water partition coefficient (Wildman–Crippen LogP) is 2.02. The van der Waals surface area contributed by atoms with Crippen LogP contribution in [0.1, 0.15) is 38.6 Å². The van der Waals surface area contributed by atoms with Crippen molar-refractivity contribution in [2.45, 2.75) is 45.2 Å². The standard InChI is InChI=1S/C15H20N4O/c1-3-14-18-12-8-10(16)4-7-13(12)19(14)9(2)15(20)17-11-5-6-11/h4,7-9,11H,3,5-6,16H2,1-2H3,(H,17,20). The molecule has 3 N–H and O–H groups in total. The number of nitrogens with two attached hydrogens (primary N) is 1. The number of fused-ring (bicyclic) bond motifs is 1. The minimum absolute atomic E-state index is 0.0679. The molecule has 1 aliphatic carbocycles. The van der Waals surface area contributed by atoms with E-state index in [0.29, 0.717) is 11.7 Å². The Bertz CT molecular complexity index is 657. The second kappa shape index (κ2) is 4.81. The number of nitrogen functional groups attached to an aromatic ring is 1. The summed E-state index contributed by atoms with van der Waals surface area (Å²) in [7, 11) is 0. The molecule has 2 aromatic rings. The molecule has 1 saturated carbocycles. The molecule has 0 spiro atoms. The van der Waals surface area contributed by atoms with Gasteiger partial charge in [0.1, 0.15) is 11.9 Å². The van der Waals surface area contributed by atoms with Gasteiger partial charge in [0.05, 0.1) is 11.0 Å². The fraction of sp³-hybridized carbons (Fsp3) is 0.467. The van der Waals surface area contributed by atoms with Crippen molar-refractivity contribution in [3.05, 3.63) is 24.0 Å². The van der Waals surface area contributed by atoms with Gasteiger partial charge in [-0.3, -0.25) is 4.79 Å². The second-order valence-electron chi connectivity index (χ2n) is 5.46. The number of rotatable bonds is 4. The zero-order valence-corrected chi connectivity index (χ0v) is 11.9. The van der Waals surface area contributed by atoms with Gasteiger partial charge in [0, 0.05) is 18.2 Å². The zero-order valence-electron chi connectivity index (χ0n) is 11.9. The zero-order chi connectivity index (χ0) is 14.3. The summed E-state index contributed by atoms with van der Waals surface area (Å²) in [5.74, 6) is 0.988. The highest BCUT2D eigenvalue weighted by Gasteiger charge is 2.27. The van der Waals surface area contributed by atoms with Crippen molar-refractivity contribution in [1.29, 1.82) is 0 Å². The van der Waals surface area contributed by atoms with Gasteiger partial charge in [0.2, 0.25) is 5.91 Å². The monoisotopic (exact) mass is 272 g/mol. The first kappa shape index (κ1) is 13.0. The topological polar surface area (TPSA) is 72.9 Å². The van der Waals surface area contributed by atoms with Crippen LogP contribution in [0.5, 0.6) is 0 Å². The average Bonchev–Trinajstić information content (AvgIpc) is 3.16. The summed E-state index contributed by atoms with van der Waals surface area (Å²) in [6.45, 7) is 3.97. The van der Waals surface area contributed by atoms with Crippen LogP contribution in [-0.4, -0.2) is 21.5 Å². The molecule has 1 aromatic carbocycles. The van der Waals surface area contributed by atoms with Crippen molar-refractivity contribution >= 4 is 22.6 Å². The minimum Gasteiger partial charge on any atom is -0.399 e. The van der Waals surface area contributed by atoms with Crippen LogP contribution in [0.15, 0.2) is 18.2 Å². The molecule has 1 fully saturated rings. The molecule has 0 radical (unpaired) electrons. The summed E-state index contributed by atoms with van der Waals surface area (Å²) in [6, 6.07) is 5.78. The number of hydrogen-bond donors (Lipinski definition) is 2. The maximum Gasteiger partial charge on any atom is 0.243 e. The van der Waals surface area contributed by atoms with E-state index >= 15 is 0 Å². The van der Waals surface area contributed by atoms with E-state index in [2.05, 4.69) is 10.3 Å². The molecule has 1 aromatic heterocycles. The van der Waals surface area contributed by atoms with Gasteiger partial charge < -0.3 is 15.6 Å². The van der Waals surface area contributed by atoms with Crippen LogP contribution in [-0.2, 0) is 11.2 Å². The van der Waals surface area contributed by atoms with E-state index < -0.39 is 0 Å². The molecule has 3 rings (SSSR count). The van der Waals surface area contributed by atoms with Crippen LogP contribution in [0.3, 0.4) is 0 Å². The molecule has 1 atom stereocenters. The van der Waals surface area contributed by atoms with Crippen LogP contribution in [0.4, 0.5) is 5.69 Å². The smallest absolute Gasteiger partial charge is 0.243 e. The molecule has 106 valence electrons. The Labute approximate surface area is 118 Å². The lowest BCUT2D eigenvalue weighted by molar-refractivity contribution is -0.124. The first-order valence-electron chi connectivity index (χ1n) is 7.17. The molecular weight excluding hydrogens is 252 g/mol. The number of imidazole rings is 1. The molecular formula is C15H20N4O. The van der Waals surface area contributed by atoms with E-state index in [1.165, 1.54) is 0 Å². The highest BCUT2D eigenvalue weighted by Crippen LogP contribution is 2.25. The number of carbonyl (C=O) groups is 1. The van der Waals surface area contributed by atoms with E-state index in [1.807, 2.05) is 36.6 Å². The van der Waals surface area contributed by atoms with Gasteiger partial charge in [0.25, 0.3) is 0 Å². The molecule has 20 heavy (non-hydrogen) atoms. The number of hydrogen-bond acceptors (Lipinski definition) is 3. The highest BCUT2D eigenvalue weighted by atomic mass is 16.2. The highest BCUT2D eigenvalue weighted by molar-refractivity contribution is 5.85. The van der Waals surface area contributed by atoms with Gasteiger partial charge in [-0.25, -0.2) is 4.98 Å². The Hall–Kier alpha value is -2.04. The Kier molecular flexibility index (Phi) is 3.12. The Morgan fingerprint density at radius 2 is 2.30 bits per heavy atom. The molecule has 1 unspecified atom stereocenters. The van der Waals surface area contributed by atoms with Gasteiger partial charge in [-0.15, -0.1) is 0 Å². The predicted molar refractivity (Wildman–Crippen MR) is 79.4 cm³/mol. The molecule has 0 saturated heterocycles. The Morgan fingerprint density at radius 3 is 2.95 bits per heavy atom. The summed E-state index contributed by atoms with van der Waals surface area (Å²) in [5, 5.41) is 3.06. The minimum atomic E-state index is -0.251. The summed E-state index contributed by atoms with van der Waals surface area (Å²) >= 11 is 0.